The van der Waals surface area contributed by atoms with Gasteiger partial charge in [0.2, 0.25) is 0 Å². The van der Waals surface area contributed by atoms with E-state index in [1.54, 1.807) is 0 Å². The lowest BCUT2D eigenvalue weighted by atomic mass is 9.86. The molecule has 2 nitrogen and oxygen atoms in total. The summed E-state index contributed by atoms with van der Waals surface area (Å²) < 4.78 is 0. The molecule has 18 heavy (non-hydrogen) atoms. The number of pyridine rings is 1. The number of aromatic nitrogens is 1. The molecule has 0 aliphatic rings. The van der Waals surface area contributed by atoms with Crippen molar-refractivity contribution in [3.05, 3.63) is 41.6 Å². The monoisotopic (exact) mass is 243 g/mol. The van der Waals surface area contributed by atoms with E-state index in [1.807, 2.05) is 44.2 Å². The lowest BCUT2D eigenvalue weighted by molar-refractivity contribution is 0.0800. The van der Waals surface area contributed by atoms with Crippen LogP contribution in [-0.4, -0.2) is 10.1 Å². The molecule has 0 fully saturated rings. The van der Waals surface area contributed by atoms with Gasteiger partial charge in [-0.2, -0.15) is 0 Å². The number of hydrogen-bond acceptors (Lipinski definition) is 2. The minimum atomic E-state index is -0.859. The highest BCUT2D eigenvalue weighted by Gasteiger charge is 2.24. The number of para-hydroxylation sites is 1. The highest BCUT2D eigenvalue weighted by molar-refractivity contribution is 5.83. The number of benzene rings is 1. The second-order valence-corrected chi connectivity index (χ2v) is 6.38. The maximum absolute atomic E-state index is 10.3. The maximum atomic E-state index is 10.3. The molecule has 2 aromatic rings. The fourth-order valence-corrected chi connectivity index (χ4v) is 2.07. The van der Waals surface area contributed by atoms with E-state index in [2.05, 4.69) is 20.8 Å². The summed E-state index contributed by atoms with van der Waals surface area (Å²) >= 11 is 0. The SMILES string of the molecule is CC(C)(C)c1cc(C(C)(C)O)c2ccccc2n1. The second-order valence-electron chi connectivity index (χ2n) is 6.38. The summed E-state index contributed by atoms with van der Waals surface area (Å²) in [5.41, 5.74) is 2.02. The Balaban J connectivity index is 2.81. The van der Waals surface area contributed by atoms with Crippen LogP contribution in [0.25, 0.3) is 10.9 Å². The molecule has 1 aromatic carbocycles. The van der Waals surface area contributed by atoms with E-state index in [-0.39, 0.29) is 5.41 Å². The molecule has 1 N–H and O–H groups in total. The molecule has 96 valence electrons. The van der Waals surface area contributed by atoms with Gasteiger partial charge in [0.25, 0.3) is 0 Å². The Morgan fingerprint density at radius 3 is 2.17 bits per heavy atom. The van der Waals surface area contributed by atoms with Crippen molar-refractivity contribution in [1.82, 2.24) is 4.98 Å². The van der Waals surface area contributed by atoms with E-state index < -0.39 is 5.60 Å². The summed E-state index contributed by atoms with van der Waals surface area (Å²) in [7, 11) is 0. The minimum absolute atomic E-state index is 0.0238. The van der Waals surface area contributed by atoms with Crippen molar-refractivity contribution in [1.29, 1.82) is 0 Å². The predicted molar refractivity (Wildman–Crippen MR) is 75.7 cm³/mol. The third-order valence-electron chi connectivity index (χ3n) is 3.14. The summed E-state index contributed by atoms with van der Waals surface area (Å²) in [6.07, 6.45) is 0. The third kappa shape index (κ3) is 2.39. The summed E-state index contributed by atoms with van der Waals surface area (Å²) in [6, 6.07) is 10.0. The predicted octanol–water partition coefficient (Wildman–Crippen LogP) is 3.76. The van der Waals surface area contributed by atoms with Crippen molar-refractivity contribution in [2.45, 2.75) is 45.6 Å². The maximum Gasteiger partial charge on any atom is 0.0847 e. The van der Waals surface area contributed by atoms with Gasteiger partial charge in [0.1, 0.15) is 0 Å². The molecule has 1 aromatic heterocycles. The molecule has 0 saturated carbocycles. The molecule has 0 atom stereocenters. The summed E-state index contributed by atoms with van der Waals surface area (Å²) in [5.74, 6) is 0. The standard InChI is InChI=1S/C16H21NO/c1-15(2,3)14-10-12(16(4,5)18)11-8-6-7-9-13(11)17-14/h6-10,18H,1-5H3. The average molecular weight is 243 g/mol. The number of nitrogens with zero attached hydrogens (tertiary/aromatic N) is 1. The van der Waals surface area contributed by atoms with Gasteiger partial charge in [-0.05, 0) is 31.5 Å². The van der Waals surface area contributed by atoms with Crippen LogP contribution in [0.4, 0.5) is 0 Å². The van der Waals surface area contributed by atoms with E-state index in [9.17, 15) is 5.11 Å². The second kappa shape index (κ2) is 4.06. The number of fused-ring (bicyclic) bond motifs is 1. The molecular formula is C16H21NO. The van der Waals surface area contributed by atoms with Gasteiger partial charge in [0.15, 0.2) is 0 Å². The van der Waals surface area contributed by atoms with Crippen molar-refractivity contribution in [2.24, 2.45) is 0 Å². The van der Waals surface area contributed by atoms with Crippen LogP contribution in [0, 0.1) is 0 Å². The normalized spacial score (nSPS) is 13.0. The van der Waals surface area contributed by atoms with Gasteiger partial charge >= 0.3 is 0 Å². The molecule has 2 heteroatoms. The first kappa shape index (κ1) is 13.0. The lowest BCUT2D eigenvalue weighted by Gasteiger charge is -2.25. The Kier molecular flexibility index (Phi) is 2.94. The first-order valence-corrected chi connectivity index (χ1v) is 6.33. The fraction of sp³-hybridized carbons (Fsp3) is 0.438. The lowest BCUT2D eigenvalue weighted by Crippen LogP contribution is -2.20. The van der Waals surface area contributed by atoms with E-state index >= 15 is 0 Å². The number of hydrogen-bond donors (Lipinski definition) is 1. The summed E-state index contributed by atoms with van der Waals surface area (Å²) in [6.45, 7) is 10.1. The van der Waals surface area contributed by atoms with Crippen molar-refractivity contribution in [3.63, 3.8) is 0 Å². The molecule has 0 unspecified atom stereocenters. The van der Waals surface area contributed by atoms with Gasteiger partial charge < -0.3 is 5.11 Å². The van der Waals surface area contributed by atoms with Crippen LogP contribution < -0.4 is 0 Å². The molecule has 2 rings (SSSR count). The first-order valence-electron chi connectivity index (χ1n) is 6.33. The smallest absolute Gasteiger partial charge is 0.0847 e. The molecular weight excluding hydrogens is 222 g/mol. The highest BCUT2D eigenvalue weighted by Crippen LogP contribution is 2.31. The average Bonchev–Trinajstić information content (AvgIpc) is 2.25. The zero-order valence-corrected chi connectivity index (χ0v) is 11.8. The van der Waals surface area contributed by atoms with E-state index in [1.165, 1.54) is 0 Å². The van der Waals surface area contributed by atoms with Crippen LogP contribution in [-0.2, 0) is 11.0 Å². The van der Waals surface area contributed by atoms with Gasteiger partial charge in [-0.1, -0.05) is 39.0 Å². The van der Waals surface area contributed by atoms with Crippen LogP contribution in [0.2, 0.25) is 0 Å². The van der Waals surface area contributed by atoms with Gasteiger partial charge in [0.05, 0.1) is 11.1 Å². The summed E-state index contributed by atoms with van der Waals surface area (Å²) in [4.78, 5) is 4.71. The first-order chi connectivity index (χ1) is 8.19. The number of aliphatic hydroxyl groups is 1. The van der Waals surface area contributed by atoms with E-state index in [0.717, 1.165) is 22.2 Å². The van der Waals surface area contributed by atoms with Crippen molar-refractivity contribution in [2.75, 3.05) is 0 Å². The molecule has 0 amide bonds. The summed E-state index contributed by atoms with van der Waals surface area (Å²) in [5, 5.41) is 11.4. The topological polar surface area (TPSA) is 33.1 Å². The molecule has 0 radical (unpaired) electrons. The van der Waals surface area contributed by atoms with Gasteiger partial charge in [-0.25, -0.2) is 0 Å². The zero-order valence-electron chi connectivity index (χ0n) is 11.8. The van der Waals surface area contributed by atoms with Crippen LogP contribution in [0.3, 0.4) is 0 Å². The van der Waals surface area contributed by atoms with Crippen LogP contribution in [0.1, 0.15) is 45.9 Å². The van der Waals surface area contributed by atoms with E-state index in [4.69, 9.17) is 4.98 Å². The molecule has 0 spiro atoms. The van der Waals surface area contributed by atoms with E-state index in [0.29, 0.717) is 0 Å². The molecule has 0 bridgehead atoms. The van der Waals surface area contributed by atoms with Crippen molar-refractivity contribution in [3.8, 4) is 0 Å². The van der Waals surface area contributed by atoms with Crippen LogP contribution in [0.15, 0.2) is 30.3 Å². The third-order valence-corrected chi connectivity index (χ3v) is 3.14. The molecule has 0 aliphatic heterocycles. The largest absolute Gasteiger partial charge is 0.386 e. The van der Waals surface area contributed by atoms with Crippen molar-refractivity contribution >= 4 is 10.9 Å². The molecule has 1 heterocycles. The Morgan fingerprint density at radius 1 is 1.00 bits per heavy atom. The minimum Gasteiger partial charge on any atom is -0.386 e. The quantitative estimate of drug-likeness (QED) is 0.827. The van der Waals surface area contributed by atoms with Crippen LogP contribution in [0.5, 0.6) is 0 Å². The van der Waals surface area contributed by atoms with Crippen molar-refractivity contribution < 1.29 is 5.11 Å². The van der Waals surface area contributed by atoms with Gasteiger partial charge in [-0.15, -0.1) is 0 Å². The Hall–Kier alpha value is -1.41. The Labute approximate surface area is 109 Å². The van der Waals surface area contributed by atoms with Gasteiger partial charge in [0, 0.05) is 16.5 Å². The Morgan fingerprint density at radius 2 is 1.61 bits per heavy atom. The Bertz CT molecular complexity index is 574. The molecule has 0 saturated heterocycles. The number of rotatable bonds is 1. The highest BCUT2D eigenvalue weighted by atomic mass is 16.3. The fourth-order valence-electron chi connectivity index (χ4n) is 2.07. The molecule has 0 aliphatic carbocycles. The van der Waals surface area contributed by atoms with Crippen LogP contribution >= 0.6 is 0 Å². The zero-order chi connectivity index (χ0) is 13.6. The van der Waals surface area contributed by atoms with Gasteiger partial charge in [-0.3, -0.25) is 4.98 Å².